The Morgan fingerprint density at radius 2 is 1.86 bits per heavy atom. The van der Waals surface area contributed by atoms with Crippen molar-refractivity contribution >= 4 is 12.0 Å². The molecule has 1 fully saturated rings. The monoisotopic (exact) mass is 300 g/mol. The van der Waals surface area contributed by atoms with Gasteiger partial charge in [0, 0.05) is 25.6 Å². The van der Waals surface area contributed by atoms with Crippen LogP contribution in [0.25, 0.3) is 0 Å². The van der Waals surface area contributed by atoms with Gasteiger partial charge in [0.1, 0.15) is 6.04 Å². The van der Waals surface area contributed by atoms with E-state index in [-0.39, 0.29) is 25.1 Å². The molecule has 0 unspecified atom stereocenters. The molecule has 1 atom stereocenters. The maximum atomic E-state index is 12.4. The third-order valence-electron chi connectivity index (χ3n) is 3.99. The fourth-order valence-corrected chi connectivity index (χ4v) is 2.68. The number of carboxylic acids is 1. The van der Waals surface area contributed by atoms with E-state index in [4.69, 9.17) is 10.2 Å². The molecule has 1 aliphatic carbocycles. The summed E-state index contributed by atoms with van der Waals surface area (Å²) in [5, 5.41) is 20.5. The molecule has 0 saturated heterocycles. The van der Waals surface area contributed by atoms with Crippen LogP contribution < -0.4 is 5.32 Å². The summed E-state index contributed by atoms with van der Waals surface area (Å²) in [6.45, 7) is 4.61. The predicted octanol–water partition coefficient (Wildman–Crippen LogP) is 1.82. The molecule has 0 radical (unpaired) electrons. The first-order valence-corrected chi connectivity index (χ1v) is 7.86. The van der Waals surface area contributed by atoms with Crippen LogP contribution in [0.2, 0.25) is 0 Å². The second kappa shape index (κ2) is 8.87. The molecule has 122 valence electrons. The van der Waals surface area contributed by atoms with Gasteiger partial charge in [-0.05, 0) is 25.2 Å². The van der Waals surface area contributed by atoms with E-state index in [1.807, 2.05) is 0 Å². The van der Waals surface area contributed by atoms with Crippen molar-refractivity contribution in [1.29, 1.82) is 0 Å². The minimum absolute atomic E-state index is 0.0315. The molecule has 0 spiro atoms. The molecule has 1 rings (SSSR count). The average molecular weight is 300 g/mol. The maximum absolute atomic E-state index is 12.4. The number of carbonyl (C=O) groups is 2. The number of nitrogens with zero attached hydrogens (tertiary/aromatic N) is 1. The number of amides is 2. The van der Waals surface area contributed by atoms with Crippen molar-refractivity contribution in [2.45, 2.75) is 64.5 Å². The summed E-state index contributed by atoms with van der Waals surface area (Å²) >= 11 is 0. The van der Waals surface area contributed by atoms with Gasteiger partial charge in [0.05, 0.1) is 0 Å². The Balaban J connectivity index is 2.66. The summed E-state index contributed by atoms with van der Waals surface area (Å²) in [7, 11) is 0. The normalized spacial score (nSPS) is 17.0. The number of rotatable bonds is 8. The van der Waals surface area contributed by atoms with Crippen molar-refractivity contribution in [2.75, 3.05) is 13.2 Å². The van der Waals surface area contributed by atoms with Crippen molar-refractivity contribution in [2.24, 2.45) is 5.92 Å². The van der Waals surface area contributed by atoms with Crippen molar-refractivity contribution in [3.05, 3.63) is 0 Å². The topological polar surface area (TPSA) is 89.9 Å². The smallest absolute Gasteiger partial charge is 0.326 e. The molecule has 0 aromatic carbocycles. The Bertz CT molecular complexity index is 341. The van der Waals surface area contributed by atoms with Gasteiger partial charge in [-0.25, -0.2) is 9.59 Å². The highest BCUT2D eigenvalue weighted by Gasteiger charge is 2.29. The molecule has 0 aromatic heterocycles. The Morgan fingerprint density at radius 1 is 1.24 bits per heavy atom. The van der Waals surface area contributed by atoms with E-state index in [1.165, 1.54) is 0 Å². The summed E-state index contributed by atoms with van der Waals surface area (Å²) in [5.74, 6) is -0.609. The maximum Gasteiger partial charge on any atom is 0.326 e. The first-order chi connectivity index (χ1) is 9.95. The zero-order valence-corrected chi connectivity index (χ0v) is 13.0. The lowest BCUT2D eigenvalue weighted by Crippen LogP contribution is -2.51. The van der Waals surface area contributed by atoms with Gasteiger partial charge < -0.3 is 20.4 Å². The molecule has 0 bridgehead atoms. The third kappa shape index (κ3) is 5.91. The summed E-state index contributed by atoms with van der Waals surface area (Å²) < 4.78 is 0. The second-order valence-electron chi connectivity index (χ2n) is 6.17. The molecule has 6 nitrogen and oxygen atoms in total. The van der Waals surface area contributed by atoms with Crippen LogP contribution in [0.3, 0.4) is 0 Å². The van der Waals surface area contributed by atoms with Gasteiger partial charge in [-0.15, -0.1) is 0 Å². The molecule has 0 heterocycles. The highest BCUT2D eigenvalue weighted by atomic mass is 16.4. The van der Waals surface area contributed by atoms with Crippen LogP contribution in [0, 0.1) is 5.92 Å². The van der Waals surface area contributed by atoms with Crippen LogP contribution in [0.1, 0.15) is 52.4 Å². The third-order valence-corrected chi connectivity index (χ3v) is 3.99. The Morgan fingerprint density at radius 3 is 2.33 bits per heavy atom. The van der Waals surface area contributed by atoms with Crippen molar-refractivity contribution in [1.82, 2.24) is 10.2 Å². The summed E-state index contributed by atoms with van der Waals surface area (Å²) in [6, 6.07) is -1.12. The Hall–Kier alpha value is -1.30. The van der Waals surface area contributed by atoms with Gasteiger partial charge in [0.25, 0.3) is 0 Å². The summed E-state index contributed by atoms with van der Waals surface area (Å²) in [6.07, 6.45) is 5.15. The number of aliphatic carboxylic acids is 1. The molecular formula is C15H28N2O4. The van der Waals surface area contributed by atoms with Crippen molar-refractivity contribution in [3.8, 4) is 0 Å². The SMILES string of the molecule is CC(C)CCN(C(=O)N[C@@H](CCO)C(=O)O)C1CCCC1. The van der Waals surface area contributed by atoms with Gasteiger partial charge in [-0.2, -0.15) is 0 Å². The van der Waals surface area contributed by atoms with Crippen LogP contribution in [0.5, 0.6) is 0 Å². The number of nitrogens with one attached hydrogen (secondary N) is 1. The molecule has 6 heteroatoms. The van der Waals surface area contributed by atoms with E-state index in [9.17, 15) is 9.59 Å². The van der Waals surface area contributed by atoms with Gasteiger partial charge in [0.2, 0.25) is 0 Å². The second-order valence-corrected chi connectivity index (χ2v) is 6.17. The van der Waals surface area contributed by atoms with E-state index >= 15 is 0 Å². The quantitative estimate of drug-likeness (QED) is 0.638. The lowest BCUT2D eigenvalue weighted by molar-refractivity contribution is -0.139. The van der Waals surface area contributed by atoms with Crippen molar-refractivity contribution < 1.29 is 19.8 Å². The Labute approximate surface area is 126 Å². The Kier molecular flexibility index (Phi) is 7.50. The van der Waals surface area contributed by atoms with Crippen molar-refractivity contribution in [3.63, 3.8) is 0 Å². The van der Waals surface area contributed by atoms with Gasteiger partial charge >= 0.3 is 12.0 Å². The molecule has 3 N–H and O–H groups in total. The van der Waals surface area contributed by atoms with E-state index < -0.39 is 12.0 Å². The number of aliphatic hydroxyl groups is 1. The van der Waals surface area contributed by atoms with Gasteiger partial charge in [-0.3, -0.25) is 0 Å². The molecule has 1 saturated carbocycles. The van der Waals surface area contributed by atoms with Crippen LogP contribution >= 0.6 is 0 Å². The number of carbonyl (C=O) groups excluding carboxylic acids is 1. The fraction of sp³-hybridized carbons (Fsp3) is 0.867. The molecule has 0 aliphatic heterocycles. The number of carboxylic acid groups (broad SMARTS) is 1. The lowest BCUT2D eigenvalue weighted by atomic mass is 10.1. The van der Waals surface area contributed by atoms with Crippen LogP contribution in [-0.2, 0) is 4.79 Å². The largest absolute Gasteiger partial charge is 0.480 e. The van der Waals surface area contributed by atoms with Crippen LogP contribution in [0.4, 0.5) is 4.79 Å². The molecule has 0 aromatic rings. The van der Waals surface area contributed by atoms with E-state index in [0.717, 1.165) is 32.1 Å². The lowest BCUT2D eigenvalue weighted by Gasteiger charge is -2.31. The van der Waals surface area contributed by atoms with E-state index in [0.29, 0.717) is 12.5 Å². The fourth-order valence-electron chi connectivity index (χ4n) is 2.68. The summed E-state index contributed by atoms with van der Waals surface area (Å²) in [5.41, 5.74) is 0. The minimum Gasteiger partial charge on any atom is -0.480 e. The van der Waals surface area contributed by atoms with E-state index in [1.54, 1.807) is 4.90 Å². The number of hydrogen-bond acceptors (Lipinski definition) is 3. The highest BCUT2D eigenvalue weighted by molar-refractivity contribution is 5.82. The standard InChI is InChI=1S/C15H28N2O4/c1-11(2)7-9-17(12-5-3-4-6-12)15(21)16-13(8-10-18)14(19)20/h11-13,18H,3-10H2,1-2H3,(H,16,21)(H,19,20)/t13-/m0/s1. The number of hydrogen-bond donors (Lipinski definition) is 3. The van der Waals surface area contributed by atoms with Crippen LogP contribution in [0.15, 0.2) is 0 Å². The zero-order valence-electron chi connectivity index (χ0n) is 13.0. The number of urea groups is 1. The van der Waals surface area contributed by atoms with E-state index in [2.05, 4.69) is 19.2 Å². The zero-order chi connectivity index (χ0) is 15.8. The van der Waals surface area contributed by atoms with Crippen LogP contribution in [-0.4, -0.2) is 52.3 Å². The summed E-state index contributed by atoms with van der Waals surface area (Å²) in [4.78, 5) is 25.3. The molecule has 2 amide bonds. The minimum atomic E-state index is -1.10. The molecule has 21 heavy (non-hydrogen) atoms. The van der Waals surface area contributed by atoms with Gasteiger partial charge in [0.15, 0.2) is 0 Å². The molecule has 1 aliphatic rings. The van der Waals surface area contributed by atoms with Gasteiger partial charge in [-0.1, -0.05) is 26.7 Å². The highest BCUT2D eigenvalue weighted by Crippen LogP contribution is 2.24. The average Bonchev–Trinajstić information content (AvgIpc) is 2.91. The molecular weight excluding hydrogens is 272 g/mol. The first kappa shape index (κ1) is 17.8. The predicted molar refractivity (Wildman–Crippen MR) is 80.1 cm³/mol. The number of aliphatic hydroxyl groups excluding tert-OH is 1. The first-order valence-electron chi connectivity index (χ1n) is 7.86.